The minimum absolute atomic E-state index is 0.131. The Kier molecular flexibility index (Phi) is 4.46. The van der Waals surface area contributed by atoms with Gasteiger partial charge in [0.2, 0.25) is 0 Å². The van der Waals surface area contributed by atoms with Crippen molar-refractivity contribution in [2.45, 2.75) is 32.8 Å². The third kappa shape index (κ3) is 3.32. The van der Waals surface area contributed by atoms with Gasteiger partial charge in [0.05, 0.1) is 21.6 Å². The molecule has 0 spiro atoms. The van der Waals surface area contributed by atoms with Crippen LogP contribution in [0.4, 0.5) is 0 Å². The molecule has 5 nitrogen and oxygen atoms in total. The number of fused-ring (bicyclic) bond motifs is 1. The molecule has 0 amide bonds. The predicted molar refractivity (Wildman–Crippen MR) is 84.2 cm³/mol. The molecule has 0 aliphatic rings. The van der Waals surface area contributed by atoms with Gasteiger partial charge in [-0.05, 0) is 32.9 Å². The molecule has 1 aromatic carbocycles. The van der Waals surface area contributed by atoms with Crippen molar-refractivity contribution in [3.05, 3.63) is 40.4 Å². The van der Waals surface area contributed by atoms with E-state index in [2.05, 4.69) is 20.9 Å². The summed E-state index contributed by atoms with van der Waals surface area (Å²) in [6.45, 7) is 5.17. The van der Waals surface area contributed by atoms with E-state index in [0.717, 1.165) is 0 Å². The molecular weight excluding hydrogens is 336 g/mol. The summed E-state index contributed by atoms with van der Waals surface area (Å²) in [5.41, 5.74) is -0.185. The fourth-order valence-corrected chi connectivity index (χ4v) is 2.22. The molecule has 0 saturated heterocycles. The maximum Gasteiger partial charge on any atom is 0.312 e. The highest BCUT2D eigenvalue weighted by molar-refractivity contribution is 9.08. The third-order valence-corrected chi connectivity index (χ3v) is 3.50. The smallest absolute Gasteiger partial charge is 0.312 e. The quantitative estimate of drug-likeness (QED) is 0.629. The van der Waals surface area contributed by atoms with E-state index >= 15 is 0 Å². The molecule has 0 bridgehead atoms. The van der Waals surface area contributed by atoms with Crippen LogP contribution in [0.25, 0.3) is 10.9 Å². The van der Waals surface area contributed by atoms with Gasteiger partial charge >= 0.3 is 5.97 Å². The molecule has 112 valence electrons. The Balaban J connectivity index is 2.41. The van der Waals surface area contributed by atoms with Crippen molar-refractivity contribution < 1.29 is 9.53 Å². The van der Waals surface area contributed by atoms with Gasteiger partial charge in [-0.25, -0.2) is 4.98 Å². The molecule has 0 N–H and O–H groups in total. The zero-order valence-electron chi connectivity index (χ0n) is 12.2. The van der Waals surface area contributed by atoms with Gasteiger partial charge in [0, 0.05) is 0 Å². The summed E-state index contributed by atoms with van der Waals surface area (Å²) in [5.74, 6) is 0.170. The molecule has 21 heavy (non-hydrogen) atoms. The van der Waals surface area contributed by atoms with E-state index in [1.165, 1.54) is 4.57 Å². The average Bonchev–Trinajstić information content (AvgIpc) is 2.44. The summed E-state index contributed by atoms with van der Waals surface area (Å²) in [7, 11) is 0. The maximum absolute atomic E-state index is 12.5. The van der Waals surface area contributed by atoms with Crippen LogP contribution >= 0.6 is 15.9 Å². The SMILES string of the molecule is CC(C)(C)C(=O)OCn1c(CBr)nc2ccccc2c1=O. The minimum Gasteiger partial charge on any atom is -0.443 e. The van der Waals surface area contributed by atoms with Gasteiger partial charge in [-0.3, -0.25) is 14.2 Å². The molecule has 1 heterocycles. The lowest BCUT2D eigenvalue weighted by atomic mass is 9.98. The van der Waals surface area contributed by atoms with Gasteiger partial charge in [-0.1, -0.05) is 28.1 Å². The molecule has 0 aliphatic carbocycles. The number of rotatable bonds is 3. The van der Waals surface area contributed by atoms with Crippen LogP contribution < -0.4 is 5.56 Å². The van der Waals surface area contributed by atoms with Gasteiger partial charge in [0.1, 0.15) is 5.82 Å². The molecular formula is C15H17BrN2O3. The van der Waals surface area contributed by atoms with Crippen molar-refractivity contribution in [1.29, 1.82) is 0 Å². The van der Waals surface area contributed by atoms with Crippen LogP contribution in [0.1, 0.15) is 26.6 Å². The third-order valence-electron chi connectivity index (χ3n) is 3.00. The van der Waals surface area contributed by atoms with Crippen LogP contribution in [0, 0.1) is 5.41 Å². The molecule has 2 aromatic rings. The normalized spacial score (nSPS) is 11.6. The molecule has 0 saturated carbocycles. The highest BCUT2D eigenvalue weighted by Gasteiger charge is 2.23. The molecule has 0 radical (unpaired) electrons. The molecule has 1 aromatic heterocycles. The number of halogens is 1. The lowest BCUT2D eigenvalue weighted by Crippen LogP contribution is -2.30. The summed E-state index contributed by atoms with van der Waals surface area (Å²) in [5, 5.41) is 0.911. The van der Waals surface area contributed by atoms with E-state index < -0.39 is 5.41 Å². The number of hydrogen-bond acceptors (Lipinski definition) is 4. The summed E-state index contributed by atoms with van der Waals surface area (Å²) >= 11 is 3.31. The molecule has 6 heteroatoms. The first-order valence-corrected chi connectivity index (χ1v) is 7.68. The zero-order valence-corrected chi connectivity index (χ0v) is 13.8. The van der Waals surface area contributed by atoms with Crippen molar-refractivity contribution in [2.24, 2.45) is 5.41 Å². The molecule has 0 fully saturated rings. The number of alkyl halides is 1. The number of benzene rings is 1. The maximum atomic E-state index is 12.5. The molecule has 0 unspecified atom stereocenters. The van der Waals surface area contributed by atoms with Crippen LogP contribution in [-0.4, -0.2) is 15.5 Å². The Bertz CT molecular complexity index is 732. The lowest BCUT2D eigenvalue weighted by molar-refractivity contribution is -0.157. The number of hydrogen-bond donors (Lipinski definition) is 0. The van der Waals surface area contributed by atoms with Gasteiger partial charge in [-0.2, -0.15) is 0 Å². The van der Waals surface area contributed by atoms with E-state index in [9.17, 15) is 9.59 Å². The standard InChI is InChI=1S/C15H17BrN2O3/c1-15(2,3)14(20)21-9-18-12(8-16)17-11-7-5-4-6-10(11)13(18)19/h4-7H,8-9H2,1-3H3. The van der Waals surface area contributed by atoms with Crippen molar-refractivity contribution in [3.8, 4) is 0 Å². The number of esters is 1. The zero-order chi connectivity index (χ0) is 15.6. The molecule has 0 aliphatic heterocycles. The van der Waals surface area contributed by atoms with E-state index in [0.29, 0.717) is 22.1 Å². The Morgan fingerprint density at radius 3 is 2.62 bits per heavy atom. The summed E-state index contributed by atoms with van der Waals surface area (Å²) < 4.78 is 6.60. The number of carbonyl (C=O) groups is 1. The highest BCUT2D eigenvalue weighted by Crippen LogP contribution is 2.16. The number of aromatic nitrogens is 2. The van der Waals surface area contributed by atoms with Gasteiger partial charge in [0.15, 0.2) is 6.73 Å². The topological polar surface area (TPSA) is 61.2 Å². The number of nitrogens with zero attached hydrogens (tertiary/aromatic N) is 2. The van der Waals surface area contributed by atoms with Gasteiger partial charge in [-0.15, -0.1) is 0 Å². The number of para-hydroxylation sites is 1. The van der Waals surface area contributed by atoms with E-state index in [1.807, 2.05) is 6.07 Å². The first-order chi connectivity index (χ1) is 9.84. The van der Waals surface area contributed by atoms with Crippen LogP contribution in [-0.2, 0) is 21.6 Å². The van der Waals surface area contributed by atoms with E-state index in [4.69, 9.17) is 4.74 Å². The second-order valence-corrected chi connectivity index (χ2v) is 6.28. The van der Waals surface area contributed by atoms with Crippen molar-refractivity contribution in [2.75, 3.05) is 0 Å². The number of ether oxygens (including phenoxy) is 1. The summed E-state index contributed by atoms with van der Waals surface area (Å²) in [6.07, 6.45) is 0. The second-order valence-electron chi connectivity index (χ2n) is 5.72. The fourth-order valence-electron chi connectivity index (χ4n) is 1.79. The van der Waals surface area contributed by atoms with Crippen LogP contribution in [0.15, 0.2) is 29.1 Å². The van der Waals surface area contributed by atoms with Gasteiger partial charge in [0.25, 0.3) is 5.56 Å². The summed E-state index contributed by atoms with van der Waals surface area (Å²) in [6, 6.07) is 7.11. The van der Waals surface area contributed by atoms with Gasteiger partial charge < -0.3 is 4.74 Å². The second kappa shape index (κ2) is 5.97. The summed E-state index contributed by atoms with van der Waals surface area (Å²) in [4.78, 5) is 28.7. The molecule has 2 rings (SSSR count). The Labute approximate surface area is 131 Å². The highest BCUT2D eigenvalue weighted by atomic mass is 79.9. The Morgan fingerprint density at radius 2 is 2.00 bits per heavy atom. The van der Waals surface area contributed by atoms with E-state index in [-0.39, 0.29) is 18.3 Å². The van der Waals surface area contributed by atoms with Crippen LogP contribution in [0.2, 0.25) is 0 Å². The first kappa shape index (κ1) is 15.7. The van der Waals surface area contributed by atoms with Crippen LogP contribution in [0.3, 0.4) is 0 Å². The lowest BCUT2D eigenvalue weighted by Gasteiger charge is -2.18. The first-order valence-electron chi connectivity index (χ1n) is 6.56. The fraction of sp³-hybridized carbons (Fsp3) is 0.400. The predicted octanol–water partition coefficient (Wildman–Crippen LogP) is 2.84. The minimum atomic E-state index is -0.609. The average molecular weight is 353 g/mol. The van der Waals surface area contributed by atoms with Crippen molar-refractivity contribution >= 4 is 32.8 Å². The Hall–Kier alpha value is -1.69. The van der Waals surface area contributed by atoms with Crippen molar-refractivity contribution in [3.63, 3.8) is 0 Å². The number of carbonyl (C=O) groups excluding carboxylic acids is 1. The monoisotopic (exact) mass is 352 g/mol. The largest absolute Gasteiger partial charge is 0.443 e. The Morgan fingerprint density at radius 1 is 1.33 bits per heavy atom. The van der Waals surface area contributed by atoms with Crippen LogP contribution in [0.5, 0.6) is 0 Å². The van der Waals surface area contributed by atoms with Crippen molar-refractivity contribution in [1.82, 2.24) is 9.55 Å². The van der Waals surface area contributed by atoms with E-state index in [1.54, 1.807) is 39.0 Å². The molecule has 0 atom stereocenters.